The minimum Gasteiger partial charge on any atom is -0.338 e. The summed E-state index contributed by atoms with van der Waals surface area (Å²) < 4.78 is 2.97. The van der Waals surface area contributed by atoms with Crippen molar-refractivity contribution < 1.29 is 4.79 Å². The zero-order chi connectivity index (χ0) is 24.8. The summed E-state index contributed by atoms with van der Waals surface area (Å²) in [6, 6.07) is 3.87. The van der Waals surface area contributed by atoms with Gasteiger partial charge in [0.15, 0.2) is 0 Å². The number of amides is 1. The number of anilines is 3. The summed E-state index contributed by atoms with van der Waals surface area (Å²) in [6.45, 7) is 9.34. The lowest BCUT2D eigenvalue weighted by molar-refractivity contribution is -0.130. The van der Waals surface area contributed by atoms with Gasteiger partial charge in [0, 0.05) is 63.7 Å². The second-order valence-corrected chi connectivity index (χ2v) is 10.4. The molecule has 1 N–H and O–H groups in total. The summed E-state index contributed by atoms with van der Waals surface area (Å²) in [5, 5.41) is 8.75. The molecule has 0 unspecified atom stereocenters. The first kappa shape index (κ1) is 22.8. The number of thiazole rings is 1. The average Bonchev–Trinajstić information content (AvgIpc) is 3.47. The Kier molecular flexibility index (Phi) is 5.76. The van der Waals surface area contributed by atoms with Crippen LogP contribution in [0.5, 0.6) is 0 Å². The highest BCUT2D eigenvalue weighted by molar-refractivity contribution is 7.21. The Morgan fingerprint density at radius 3 is 2.64 bits per heavy atom. The van der Waals surface area contributed by atoms with Crippen LogP contribution in [0.4, 0.5) is 17.6 Å². The van der Waals surface area contributed by atoms with Gasteiger partial charge >= 0.3 is 0 Å². The van der Waals surface area contributed by atoms with Crippen LogP contribution >= 0.6 is 11.3 Å². The number of aryl methyl sites for hydroxylation is 1. The number of piperazine rings is 1. The third-order valence-electron chi connectivity index (χ3n) is 6.71. The maximum atomic E-state index is 11.9. The Morgan fingerprint density at radius 2 is 1.83 bits per heavy atom. The SMILES string of the molecule is CC(=O)N1CCn2ncc(-c3nc4cc(Nc5cc(C)nc(N6CCN(C)CC6)n5)ncc4s3)c2C1. The van der Waals surface area contributed by atoms with Crippen molar-refractivity contribution in [1.29, 1.82) is 0 Å². The van der Waals surface area contributed by atoms with E-state index in [0.29, 0.717) is 31.3 Å². The van der Waals surface area contributed by atoms with Crippen LogP contribution in [0.25, 0.3) is 20.8 Å². The Bertz CT molecular complexity index is 1440. The largest absolute Gasteiger partial charge is 0.338 e. The highest BCUT2D eigenvalue weighted by Crippen LogP contribution is 2.34. The van der Waals surface area contributed by atoms with Crippen LogP contribution < -0.4 is 10.2 Å². The predicted molar refractivity (Wildman–Crippen MR) is 139 cm³/mol. The number of hydrogen-bond donors (Lipinski definition) is 1. The van der Waals surface area contributed by atoms with Gasteiger partial charge in [-0.15, -0.1) is 11.3 Å². The van der Waals surface area contributed by atoms with E-state index in [2.05, 4.69) is 37.2 Å². The van der Waals surface area contributed by atoms with Gasteiger partial charge in [-0.3, -0.25) is 9.48 Å². The lowest BCUT2D eigenvalue weighted by Crippen LogP contribution is -2.45. The van der Waals surface area contributed by atoms with Crippen molar-refractivity contribution in [3.8, 4) is 10.6 Å². The third kappa shape index (κ3) is 4.37. The van der Waals surface area contributed by atoms with Crippen molar-refractivity contribution in [2.45, 2.75) is 26.9 Å². The van der Waals surface area contributed by atoms with Gasteiger partial charge in [0.2, 0.25) is 11.9 Å². The number of hydrogen-bond acceptors (Lipinski definition) is 10. The normalized spacial score (nSPS) is 16.4. The quantitative estimate of drug-likeness (QED) is 0.448. The number of carbonyl (C=O) groups excluding carboxylic acids is 1. The fraction of sp³-hybridized carbons (Fsp3) is 0.417. The molecule has 36 heavy (non-hydrogen) atoms. The molecule has 186 valence electrons. The topological polar surface area (TPSA) is 108 Å². The number of likely N-dealkylation sites (N-methyl/N-ethyl adjacent to an activating group) is 1. The first-order valence-electron chi connectivity index (χ1n) is 12.1. The number of fused-ring (bicyclic) bond motifs is 2. The highest BCUT2D eigenvalue weighted by atomic mass is 32.1. The van der Waals surface area contributed by atoms with Gasteiger partial charge in [-0.05, 0) is 14.0 Å². The molecule has 11 nitrogen and oxygen atoms in total. The first-order chi connectivity index (χ1) is 17.4. The van der Waals surface area contributed by atoms with E-state index in [1.165, 1.54) is 0 Å². The molecule has 0 atom stereocenters. The molecule has 0 aromatic carbocycles. The molecule has 0 saturated carbocycles. The van der Waals surface area contributed by atoms with E-state index in [1.54, 1.807) is 18.3 Å². The second kappa shape index (κ2) is 9.10. The smallest absolute Gasteiger partial charge is 0.227 e. The summed E-state index contributed by atoms with van der Waals surface area (Å²) in [4.78, 5) is 37.2. The monoisotopic (exact) mass is 504 g/mol. The van der Waals surface area contributed by atoms with Crippen LogP contribution in [-0.4, -0.2) is 85.2 Å². The van der Waals surface area contributed by atoms with E-state index < -0.39 is 0 Å². The molecule has 2 aliphatic heterocycles. The lowest BCUT2D eigenvalue weighted by Gasteiger charge is -2.32. The van der Waals surface area contributed by atoms with Crippen LogP contribution in [0, 0.1) is 6.92 Å². The van der Waals surface area contributed by atoms with Crippen molar-refractivity contribution in [2.75, 3.05) is 50.0 Å². The first-order valence-corrected chi connectivity index (χ1v) is 12.9. The van der Waals surface area contributed by atoms with E-state index in [9.17, 15) is 4.79 Å². The highest BCUT2D eigenvalue weighted by Gasteiger charge is 2.24. The maximum absolute atomic E-state index is 11.9. The van der Waals surface area contributed by atoms with Crippen molar-refractivity contribution in [3.63, 3.8) is 0 Å². The molecule has 0 spiro atoms. The fourth-order valence-electron chi connectivity index (χ4n) is 4.61. The van der Waals surface area contributed by atoms with Crippen molar-refractivity contribution >= 4 is 45.0 Å². The van der Waals surface area contributed by atoms with E-state index in [1.807, 2.05) is 41.0 Å². The number of pyridine rings is 1. The summed E-state index contributed by atoms with van der Waals surface area (Å²) in [5.74, 6) is 2.22. The molecule has 0 aliphatic carbocycles. The van der Waals surface area contributed by atoms with Gasteiger partial charge in [0.1, 0.15) is 16.6 Å². The molecule has 0 radical (unpaired) electrons. The molecule has 12 heteroatoms. The van der Waals surface area contributed by atoms with E-state index >= 15 is 0 Å². The second-order valence-electron chi connectivity index (χ2n) is 9.33. The zero-order valence-corrected chi connectivity index (χ0v) is 21.4. The lowest BCUT2D eigenvalue weighted by atomic mass is 10.2. The summed E-state index contributed by atoms with van der Waals surface area (Å²) in [5.41, 5.74) is 3.76. The number of nitrogens with zero attached hydrogens (tertiary/aromatic N) is 9. The number of aromatic nitrogens is 6. The molecule has 0 bridgehead atoms. The van der Waals surface area contributed by atoms with Crippen LogP contribution in [0.2, 0.25) is 0 Å². The molecule has 1 saturated heterocycles. The summed E-state index contributed by atoms with van der Waals surface area (Å²) >= 11 is 1.58. The molecular formula is C24H28N10OS. The van der Waals surface area contributed by atoms with Crippen molar-refractivity contribution in [3.05, 3.63) is 35.9 Å². The Labute approximate surface area is 212 Å². The minimum atomic E-state index is 0.0772. The molecule has 6 rings (SSSR count). The van der Waals surface area contributed by atoms with Crippen LogP contribution in [0.15, 0.2) is 24.5 Å². The summed E-state index contributed by atoms with van der Waals surface area (Å²) in [7, 11) is 2.13. The van der Waals surface area contributed by atoms with Gasteiger partial charge < -0.3 is 20.0 Å². The molecule has 4 aromatic heterocycles. The van der Waals surface area contributed by atoms with Crippen LogP contribution in [0.3, 0.4) is 0 Å². The van der Waals surface area contributed by atoms with Gasteiger partial charge in [-0.1, -0.05) is 0 Å². The van der Waals surface area contributed by atoms with E-state index in [-0.39, 0.29) is 5.91 Å². The molecular weight excluding hydrogens is 476 g/mol. The number of rotatable bonds is 4. The van der Waals surface area contributed by atoms with Gasteiger partial charge in [0.25, 0.3) is 0 Å². The van der Waals surface area contributed by atoms with E-state index in [4.69, 9.17) is 9.97 Å². The Hall–Kier alpha value is -3.64. The van der Waals surface area contributed by atoms with Crippen LogP contribution in [0.1, 0.15) is 18.3 Å². The molecule has 6 heterocycles. The minimum absolute atomic E-state index is 0.0772. The molecule has 4 aromatic rings. The fourth-order valence-corrected chi connectivity index (χ4v) is 5.55. The predicted octanol–water partition coefficient (Wildman–Crippen LogP) is 2.51. The number of carbonyl (C=O) groups is 1. The number of nitrogens with one attached hydrogen (secondary N) is 1. The molecule has 1 amide bonds. The third-order valence-corrected chi connectivity index (χ3v) is 7.75. The Morgan fingerprint density at radius 1 is 1.00 bits per heavy atom. The van der Waals surface area contributed by atoms with Gasteiger partial charge in [-0.2, -0.15) is 10.1 Å². The molecule has 2 aliphatic rings. The van der Waals surface area contributed by atoms with Crippen molar-refractivity contribution in [1.82, 2.24) is 39.5 Å². The molecule has 1 fully saturated rings. The van der Waals surface area contributed by atoms with Gasteiger partial charge in [-0.25, -0.2) is 15.0 Å². The van der Waals surface area contributed by atoms with Crippen LogP contribution in [-0.2, 0) is 17.9 Å². The summed E-state index contributed by atoms with van der Waals surface area (Å²) in [6.07, 6.45) is 3.69. The standard InChI is InChI=1S/C24H28N10OS/c1-15-10-22(30-24(27-15)32-6-4-31(3)5-7-32)29-21-11-18-20(13-25-21)36-23(28-18)17-12-26-34-9-8-33(16(2)35)14-19(17)34/h10-13H,4-9,14H2,1-3H3,(H,25,27,29,30). The van der Waals surface area contributed by atoms with Gasteiger partial charge in [0.05, 0.1) is 40.8 Å². The zero-order valence-electron chi connectivity index (χ0n) is 20.6. The Balaban J connectivity index is 1.25. The maximum Gasteiger partial charge on any atom is 0.227 e. The van der Waals surface area contributed by atoms with Crippen molar-refractivity contribution in [2.24, 2.45) is 0 Å². The average molecular weight is 505 g/mol. The van der Waals surface area contributed by atoms with E-state index in [0.717, 1.165) is 64.3 Å².